The number of ether oxygens (including phenoxy) is 1. The van der Waals surface area contributed by atoms with Crippen LogP contribution in [0.4, 0.5) is 0 Å². The second-order valence-electron chi connectivity index (χ2n) is 8.11. The fourth-order valence-electron chi connectivity index (χ4n) is 3.96. The van der Waals surface area contributed by atoms with E-state index in [4.69, 9.17) is 4.74 Å². The molecule has 2 aromatic heterocycles. The Kier molecular flexibility index (Phi) is 6.19. The van der Waals surface area contributed by atoms with Gasteiger partial charge in [0.1, 0.15) is 11.5 Å². The first-order valence-corrected chi connectivity index (χ1v) is 11.4. The molecule has 0 fully saturated rings. The molecule has 0 spiro atoms. The van der Waals surface area contributed by atoms with Crippen LogP contribution < -0.4 is 21.8 Å². The quantitative estimate of drug-likeness (QED) is 0.384. The maximum atomic E-state index is 13.4. The molecule has 9 heteroatoms. The molecule has 0 aliphatic heterocycles. The minimum absolute atomic E-state index is 0.309. The van der Waals surface area contributed by atoms with Gasteiger partial charge >= 0.3 is 17.1 Å². The number of hydrogen-bond donors (Lipinski definition) is 1. The fourth-order valence-corrected chi connectivity index (χ4v) is 3.96. The molecule has 0 radical (unpaired) electrons. The van der Waals surface area contributed by atoms with E-state index in [1.165, 1.54) is 0 Å². The Hall–Kier alpha value is -4.92. The minimum Gasteiger partial charge on any atom is -0.457 e. The van der Waals surface area contributed by atoms with Crippen molar-refractivity contribution in [2.24, 2.45) is 0 Å². The number of aromatic nitrogens is 5. The fraction of sp³-hybridized carbons (Fsp3) is 0.111. The Balaban J connectivity index is 1.64. The highest BCUT2D eigenvalue weighted by atomic mass is 16.5. The molecule has 0 saturated heterocycles. The van der Waals surface area contributed by atoms with E-state index < -0.39 is 17.1 Å². The van der Waals surface area contributed by atoms with E-state index in [9.17, 15) is 14.4 Å². The van der Waals surface area contributed by atoms with Gasteiger partial charge in [0, 0.05) is 24.7 Å². The number of H-pyrrole nitrogens is 1. The van der Waals surface area contributed by atoms with E-state index in [1.807, 2.05) is 48.1 Å². The molecule has 0 amide bonds. The molecule has 0 saturated carbocycles. The number of nitrogens with one attached hydrogen (secondary N) is 1. The summed E-state index contributed by atoms with van der Waals surface area (Å²) >= 11 is 0. The van der Waals surface area contributed by atoms with Gasteiger partial charge in [0.15, 0.2) is 0 Å². The summed E-state index contributed by atoms with van der Waals surface area (Å²) in [6.07, 6.45) is 4.17. The van der Waals surface area contributed by atoms with Crippen LogP contribution in [0.1, 0.15) is 18.1 Å². The van der Waals surface area contributed by atoms with Gasteiger partial charge < -0.3 is 4.74 Å². The highest BCUT2D eigenvalue weighted by Crippen LogP contribution is 2.29. The zero-order valence-corrected chi connectivity index (χ0v) is 19.5. The number of hydrogen-bond acceptors (Lipinski definition) is 5. The Morgan fingerprint density at radius 3 is 2.17 bits per heavy atom. The third kappa shape index (κ3) is 4.54. The van der Waals surface area contributed by atoms with E-state index in [1.54, 1.807) is 54.7 Å². The lowest BCUT2D eigenvalue weighted by Crippen LogP contribution is -2.48. The van der Waals surface area contributed by atoms with Gasteiger partial charge in [-0.1, -0.05) is 36.4 Å². The number of para-hydroxylation sites is 2. The van der Waals surface area contributed by atoms with E-state index >= 15 is 0 Å². The normalized spacial score (nSPS) is 10.9. The van der Waals surface area contributed by atoms with Crippen LogP contribution in [0.25, 0.3) is 11.4 Å². The molecule has 5 aromatic rings. The molecule has 180 valence electrons. The zero-order valence-electron chi connectivity index (χ0n) is 19.5. The van der Waals surface area contributed by atoms with Gasteiger partial charge in [0.05, 0.1) is 17.6 Å². The molecule has 0 aliphatic rings. The van der Waals surface area contributed by atoms with Gasteiger partial charge in [-0.25, -0.2) is 23.5 Å². The number of aromatic amines is 1. The first kappa shape index (κ1) is 22.9. The molecule has 9 nitrogen and oxygen atoms in total. The molecule has 0 atom stereocenters. The Morgan fingerprint density at radius 1 is 0.833 bits per heavy atom. The minimum atomic E-state index is -0.821. The number of benzene rings is 3. The number of nitrogens with zero attached hydrogens (tertiary/aromatic N) is 4. The predicted octanol–water partition coefficient (Wildman–Crippen LogP) is 3.28. The Bertz CT molecular complexity index is 1680. The standard InChI is InChI=1S/C27H23N5O4/c1-2-30-18-19(17-28-30)15-20-16-22(13-14-24(20)36-23-11-7-4-8-12-23)32-26(34)29-25(33)31(27(32)35)21-9-5-3-6-10-21/h3-14,16-18H,2,15H2,1H3,(H,29,33,34). The van der Waals surface area contributed by atoms with Crippen molar-refractivity contribution in [2.75, 3.05) is 0 Å². The van der Waals surface area contributed by atoms with Crippen LogP contribution in [0.2, 0.25) is 0 Å². The molecule has 2 heterocycles. The smallest absolute Gasteiger partial charge is 0.345 e. The third-order valence-electron chi connectivity index (χ3n) is 5.70. The summed E-state index contributed by atoms with van der Waals surface area (Å²) in [6, 6.07) is 22.8. The first-order valence-electron chi connectivity index (χ1n) is 11.4. The third-order valence-corrected chi connectivity index (χ3v) is 5.70. The Morgan fingerprint density at radius 2 is 1.50 bits per heavy atom. The first-order chi connectivity index (χ1) is 17.5. The topological polar surface area (TPSA) is 104 Å². The summed E-state index contributed by atoms with van der Waals surface area (Å²) in [6.45, 7) is 2.74. The van der Waals surface area contributed by atoms with Crippen LogP contribution in [-0.4, -0.2) is 23.9 Å². The van der Waals surface area contributed by atoms with Crippen LogP contribution >= 0.6 is 0 Å². The molecule has 1 N–H and O–H groups in total. The zero-order chi connectivity index (χ0) is 25.1. The van der Waals surface area contributed by atoms with Crippen molar-refractivity contribution in [1.82, 2.24) is 23.9 Å². The predicted molar refractivity (Wildman–Crippen MR) is 135 cm³/mol. The SMILES string of the molecule is CCn1cc(Cc2cc(-n3c(=O)[nH]c(=O)n(-c4ccccc4)c3=O)ccc2Oc2ccccc2)cn1. The monoisotopic (exact) mass is 481 g/mol. The van der Waals surface area contributed by atoms with E-state index in [0.29, 0.717) is 29.3 Å². The molecular formula is C27H23N5O4. The van der Waals surface area contributed by atoms with E-state index in [-0.39, 0.29) is 0 Å². The average Bonchev–Trinajstić information content (AvgIpc) is 3.34. The molecular weight excluding hydrogens is 458 g/mol. The van der Waals surface area contributed by atoms with Crippen LogP contribution in [0.5, 0.6) is 11.5 Å². The van der Waals surface area contributed by atoms with Crippen LogP contribution in [-0.2, 0) is 13.0 Å². The summed E-state index contributed by atoms with van der Waals surface area (Å²) in [4.78, 5) is 40.9. The van der Waals surface area contributed by atoms with Crippen LogP contribution in [0.3, 0.4) is 0 Å². The van der Waals surface area contributed by atoms with E-state index in [0.717, 1.165) is 26.8 Å². The largest absolute Gasteiger partial charge is 0.457 e. The number of aryl methyl sites for hydroxylation is 1. The summed E-state index contributed by atoms with van der Waals surface area (Å²) in [5, 5.41) is 4.34. The summed E-state index contributed by atoms with van der Waals surface area (Å²) in [7, 11) is 0. The van der Waals surface area contributed by atoms with Crippen molar-refractivity contribution in [3.8, 4) is 22.9 Å². The van der Waals surface area contributed by atoms with Crippen molar-refractivity contribution in [1.29, 1.82) is 0 Å². The lowest BCUT2D eigenvalue weighted by molar-refractivity contribution is 0.477. The van der Waals surface area contributed by atoms with Crippen molar-refractivity contribution in [3.05, 3.63) is 134 Å². The molecule has 36 heavy (non-hydrogen) atoms. The van der Waals surface area contributed by atoms with Crippen LogP contribution in [0.15, 0.2) is 106 Å². The van der Waals surface area contributed by atoms with Gasteiger partial charge in [-0.2, -0.15) is 5.10 Å². The van der Waals surface area contributed by atoms with Crippen molar-refractivity contribution >= 4 is 0 Å². The molecule has 3 aromatic carbocycles. The Labute approximate surface area is 205 Å². The van der Waals surface area contributed by atoms with Gasteiger partial charge in [-0.3, -0.25) is 9.67 Å². The van der Waals surface area contributed by atoms with E-state index in [2.05, 4.69) is 10.1 Å². The molecule has 0 aliphatic carbocycles. The van der Waals surface area contributed by atoms with Crippen molar-refractivity contribution in [3.63, 3.8) is 0 Å². The van der Waals surface area contributed by atoms with Gasteiger partial charge in [0.2, 0.25) is 0 Å². The van der Waals surface area contributed by atoms with Gasteiger partial charge in [-0.05, 0) is 55.0 Å². The maximum absolute atomic E-state index is 13.4. The summed E-state index contributed by atoms with van der Waals surface area (Å²) in [5.41, 5.74) is -0.0325. The average molecular weight is 482 g/mol. The highest BCUT2D eigenvalue weighted by molar-refractivity contribution is 5.48. The molecule has 0 unspecified atom stereocenters. The van der Waals surface area contributed by atoms with Crippen molar-refractivity contribution < 1.29 is 4.74 Å². The summed E-state index contributed by atoms with van der Waals surface area (Å²) in [5.74, 6) is 1.23. The summed E-state index contributed by atoms with van der Waals surface area (Å²) < 4.78 is 9.82. The second kappa shape index (κ2) is 9.75. The van der Waals surface area contributed by atoms with Crippen molar-refractivity contribution in [2.45, 2.75) is 19.9 Å². The number of rotatable bonds is 7. The van der Waals surface area contributed by atoms with Crippen LogP contribution in [0, 0.1) is 0 Å². The molecule has 0 bridgehead atoms. The lowest BCUT2D eigenvalue weighted by atomic mass is 10.1. The van der Waals surface area contributed by atoms with Gasteiger partial charge in [-0.15, -0.1) is 0 Å². The highest BCUT2D eigenvalue weighted by Gasteiger charge is 2.16. The van der Waals surface area contributed by atoms with Gasteiger partial charge in [0.25, 0.3) is 0 Å². The molecule has 5 rings (SSSR count). The second-order valence-corrected chi connectivity index (χ2v) is 8.11. The maximum Gasteiger partial charge on any atom is 0.345 e. The lowest BCUT2D eigenvalue weighted by Gasteiger charge is -2.14.